The Balaban J connectivity index is 0.00000176. The summed E-state index contributed by atoms with van der Waals surface area (Å²) in [6.07, 6.45) is 3.80. The van der Waals surface area contributed by atoms with Crippen molar-refractivity contribution in [2.45, 2.75) is 39.7 Å². The Kier molecular flexibility index (Phi) is 10.2. The number of hydrogen-bond donors (Lipinski definition) is 1. The number of allylic oxidation sites excluding steroid dienone is 2. The van der Waals surface area contributed by atoms with Crippen LogP contribution in [0.5, 0.6) is 0 Å². The van der Waals surface area contributed by atoms with E-state index in [2.05, 4.69) is 10.3 Å². The molecule has 0 aromatic heterocycles. The van der Waals surface area contributed by atoms with E-state index in [1.807, 2.05) is 38.1 Å². The Bertz CT molecular complexity index is 672. The lowest BCUT2D eigenvalue weighted by Crippen LogP contribution is -2.28. The van der Waals surface area contributed by atoms with E-state index in [1.54, 1.807) is 25.2 Å². The molecule has 6 nitrogen and oxygen atoms in total. The van der Waals surface area contributed by atoms with E-state index in [0.29, 0.717) is 29.4 Å². The largest absolute Gasteiger partial charge is 0.465 e. The summed E-state index contributed by atoms with van der Waals surface area (Å²) >= 11 is 5.91. The predicted molar refractivity (Wildman–Crippen MR) is 109 cm³/mol. The highest BCUT2D eigenvalue weighted by Gasteiger charge is 2.21. The van der Waals surface area contributed by atoms with Gasteiger partial charge in [0.25, 0.3) is 0 Å². The molecule has 0 saturated carbocycles. The Hall–Kier alpha value is -2.34. The number of ether oxygens (including phenoxy) is 1. The maximum atomic E-state index is 11.4. The molecule has 2 rings (SSSR count). The lowest BCUT2D eigenvalue weighted by Gasteiger charge is -2.26. The zero-order valence-corrected chi connectivity index (χ0v) is 17.1. The molecule has 0 radical (unpaired) electrons. The Labute approximate surface area is 166 Å². The zero-order valence-electron chi connectivity index (χ0n) is 16.4. The molecular formula is C20H28ClN3O3. The summed E-state index contributed by atoms with van der Waals surface area (Å²) in [7, 11) is 1.73. The van der Waals surface area contributed by atoms with Gasteiger partial charge in [0.2, 0.25) is 0 Å². The van der Waals surface area contributed by atoms with Gasteiger partial charge in [-0.3, -0.25) is 9.59 Å². The van der Waals surface area contributed by atoms with Crippen LogP contribution < -0.4 is 5.32 Å². The standard InChI is InChI=1S/C18H22ClN3O3.C2H6/c1-3-25-18(24)10-22(2)12-20-16-9-8-15(21-17(16)11-23)13-4-6-14(19)7-5-13;1-2/h4-7,11-12,15,21H,3,8-10H2,1-2H3;1-2H3/t15-;/m0./s1. The number of hydrogen-bond acceptors (Lipinski definition) is 5. The molecule has 1 aliphatic heterocycles. The van der Waals surface area contributed by atoms with Gasteiger partial charge in [-0.05, 0) is 37.5 Å². The molecule has 1 aromatic rings. The summed E-state index contributed by atoms with van der Waals surface area (Å²) in [6, 6.07) is 7.61. The third-order valence-electron chi connectivity index (χ3n) is 3.80. The fraction of sp³-hybridized carbons (Fsp3) is 0.450. The summed E-state index contributed by atoms with van der Waals surface area (Å²) in [4.78, 5) is 28.8. The SMILES string of the molecule is CC.CCOC(=O)CN(C)C=NC1=C(C=O)N[C@H](c2ccc(Cl)cc2)CC1. The van der Waals surface area contributed by atoms with Crippen LogP contribution in [-0.2, 0) is 14.3 Å². The van der Waals surface area contributed by atoms with E-state index in [0.717, 1.165) is 18.3 Å². The number of likely N-dealkylation sites (N-methyl/N-ethyl adjacent to an activating group) is 1. The molecule has 0 spiro atoms. The van der Waals surface area contributed by atoms with Crippen molar-refractivity contribution < 1.29 is 14.3 Å². The molecular weight excluding hydrogens is 366 g/mol. The number of esters is 1. The molecule has 0 bridgehead atoms. The third-order valence-corrected chi connectivity index (χ3v) is 4.05. The molecule has 0 amide bonds. The number of nitrogens with one attached hydrogen (secondary N) is 1. The van der Waals surface area contributed by atoms with E-state index in [9.17, 15) is 9.59 Å². The average molecular weight is 394 g/mol. The summed E-state index contributed by atoms with van der Waals surface area (Å²) < 4.78 is 4.89. The van der Waals surface area contributed by atoms with E-state index in [4.69, 9.17) is 16.3 Å². The molecule has 148 valence electrons. The molecule has 0 unspecified atom stereocenters. The van der Waals surface area contributed by atoms with Crippen LogP contribution in [-0.4, -0.2) is 43.7 Å². The Morgan fingerprint density at radius 1 is 1.37 bits per heavy atom. The number of halogens is 1. The van der Waals surface area contributed by atoms with Gasteiger partial charge < -0.3 is 15.0 Å². The number of nitrogens with zero attached hydrogens (tertiary/aromatic N) is 2. The van der Waals surface area contributed by atoms with Gasteiger partial charge in [0, 0.05) is 12.1 Å². The summed E-state index contributed by atoms with van der Waals surface area (Å²) in [5, 5.41) is 3.90. The molecule has 1 atom stereocenters. The fourth-order valence-electron chi connectivity index (χ4n) is 2.56. The van der Waals surface area contributed by atoms with Gasteiger partial charge in [-0.1, -0.05) is 37.6 Å². The molecule has 0 saturated heterocycles. The lowest BCUT2D eigenvalue weighted by atomic mass is 9.97. The van der Waals surface area contributed by atoms with Crippen molar-refractivity contribution in [3.05, 3.63) is 46.2 Å². The molecule has 1 aliphatic rings. The van der Waals surface area contributed by atoms with Crippen molar-refractivity contribution in [3.8, 4) is 0 Å². The van der Waals surface area contributed by atoms with Crippen LogP contribution in [0.25, 0.3) is 0 Å². The van der Waals surface area contributed by atoms with Crippen molar-refractivity contribution in [3.63, 3.8) is 0 Å². The van der Waals surface area contributed by atoms with Crippen LogP contribution in [0.15, 0.2) is 40.7 Å². The quantitative estimate of drug-likeness (QED) is 0.331. The number of carbonyl (C=O) groups is 2. The second-order valence-electron chi connectivity index (χ2n) is 5.73. The van der Waals surface area contributed by atoms with Gasteiger partial charge in [0.05, 0.1) is 30.4 Å². The molecule has 1 heterocycles. The Morgan fingerprint density at radius 2 is 2.04 bits per heavy atom. The monoisotopic (exact) mass is 393 g/mol. The maximum Gasteiger partial charge on any atom is 0.325 e. The van der Waals surface area contributed by atoms with Gasteiger partial charge in [-0.25, -0.2) is 4.99 Å². The smallest absolute Gasteiger partial charge is 0.325 e. The first-order valence-electron chi connectivity index (χ1n) is 9.13. The first kappa shape index (κ1) is 22.7. The summed E-state index contributed by atoms with van der Waals surface area (Å²) in [6.45, 7) is 6.22. The van der Waals surface area contributed by atoms with E-state index in [1.165, 1.54) is 0 Å². The lowest BCUT2D eigenvalue weighted by molar-refractivity contribution is -0.143. The van der Waals surface area contributed by atoms with Crippen LogP contribution in [0.3, 0.4) is 0 Å². The molecule has 1 N–H and O–H groups in total. The van der Waals surface area contributed by atoms with Crippen molar-refractivity contribution in [1.82, 2.24) is 10.2 Å². The van der Waals surface area contributed by atoms with Crippen LogP contribution in [0.2, 0.25) is 5.02 Å². The molecule has 0 aliphatic carbocycles. The zero-order chi connectivity index (χ0) is 20.2. The van der Waals surface area contributed by atoms with E-state index < -0.39 is 0 Å². The Morgan fingerprint density at radius 3 is 2.63 bits per heavy atom. The summed E-state index contributed by atoms with van der Waals surface area (Å²) in [5.41, 5.74) is 2.22. The van der Waals surface area contributed by atoms with Gasteiger partial charge in [0.1, 0.15) is 6.54 Å². The molecule has 7 heteroatoms. The minimum absolute atomic E-state index is 0.0497. The predicted octanol–water partition coefficient (Wildman–Crippen LogP) is 3.72. The first-order chi connectivity index (χ1) is 13.0. The van der Waals surface area contributed by atoms with Crippen molar-refractivity contribution in [2.24, 2.45) is 4.99 Å². The van der Waals surface area contributed by atoms with E-state index in [-0.39, 0.29) is 18.6 Å². The molecule has 1 aromatic carbocycles. The normalized spacial score (nSPS) is 16.3. The molecule has 0 fully saturated rings. The van der Waals surface area contributed by atoms with Crippen molar-refractivity contribution in [2.75, 3.05) is 20.2 Å². The number of rotatable bonds is 7. The average Bonchev–Trinajstić information content (AvgIpc) is 2.68. The third kappa shape index (κ3) is 7.43. The highest BCUT2D eigenvalue weighted by molar-refractivity contribution is 6.30. The van der Waals surface area contributed by atoms with Crippen LogP contribution in [0.4, 0.5) is 0 Å². The number of aldehydes is 1. The molecule has 27 heavy (non-hydrogen) atoms. The fourth-order valence-corrected chi connectivity index (χ4v) is 2.69. The van der Waals surface area contributed by atoms with Gasteiger partial charge in [0.15, 0.2) is 6.29 Å². The maximum absolute atomic E-state index is 11.4. The topological polar surface area (TPSA) is 71.0 Å². The second kappa shape index (κ2) is 12.1. The highest BCUT2D eigenvalue weighted by atomic mass is 35.5. The van der Waals surface area contributed by atoms with Gasteiger partial charge in [-0.15, -0.1) is 0 Å². The first-order valence-corrected chi connectivity index (χ1v) is 9.51. The van der Waals surface area contributed by atoms with Crippen molar-refractivity contribution in [1.29, 1.82) is 0 Å². The number of carbonyl (C=O) groups excluding carboxylic acids is 2. The summed E-state index contributed by atoms with van der Waals surface area (Å²) in [5.74, 6) is -0.314. The number of benzene rings is 1. The minimum atomic E-state index is -0.314. The van der Waals surface area contributed by atoms with Crippen molar-refractivity contribution >= 4 is 30.2 Å². The van der Waals surface area contributed by atoms with Crippen LogP contribution in [0.1, 0.15) is 45.2 Å². The number of aliphatic imine (C=N–C) groups is 1. The second-order valence-corrected chi connectivity index (χ2v) is 6.17. The van der Waals surface area contributed by atoms with Crippen LogP contribution >= 0.6 is 11.6 Å². The van der Waals surface area contributed by atoms with E-state index >= 15 is 0 Å². The minimum Gasteiger partial charge on any atom is -0.465 e. The van der Waals surface area contributed by atoms with Gasteiger partial charge in [-0.2, -0.15) is 0 Å². The van der Waals surface area contributed by atoms with Gasteiger partial charge >= 0.3 is 5.97 Å². The van der Waals surface area contributed by atoms with Crippen LogP contribution in [0, 0.1) is 0 Å². The highest BCUT2D eigenvalue weighted by Crippen LogP contribution is 2.28.